The van der Waals surface area contributed by atoms with Crippen molar-refractivity contribution in [3.05, 3.63) is 39.2 Å². The molecule has 0 aliphatic carbocycles. The minimum absolute atomic E-state index is 0.321. The minimum Gasteiger partial charge on any atom is -0.255 e. The van der Waals surface area contributed by atoms with Crippen LogP contribution in [0.4, 0.5) is 4.39 Å². The summed E-state index contributed by atoms with van der Waals surface area (Å²) in [6.45, 7) is 1.84. The summed E-state index contributed by atoms with van der Waals surface area (Å²) >= 11 is 9.29. The second-order valence-electron chi connectivity index (χ2n) is 3.04. The number of hydrogen-bond acceptors (Lipinski definition) is 1. The largest absolute Gasteiger partial charge is 0.255 e. The van der Waals surface area contributed by atoms with Crippen molar-refractivity contribution in [2.75, 3.05) is 0 Å². The molecule has 1 nitrogen and oxygen atoms in total. The van der Waals surface area contributed by atoms with Crippen molar-refractivity contribution in [2.45, 2.75) is 6.92 Å². The van der Waals surface area contributed by atoms with Crippen molar-refractivity contribution in [1.82, 2.24) is 4.98 Å². The SMILES string of the molecule is Cc1cnc2c(Br)cc(F)cc2c1Cl. The summed E-state index contributed by atoms with van der Waals surface area (Å²) in [5.41, 5.74) is 1.53. The van der Waals surface area contributed by atoms with Crippen LogP contribution in [0.1, 0.15) is 5.56 Å². The number of halogens is 3. The Bertz CT molecular complexity index is 513. The van der Waals surface area contributed by atoms with Crippen LogP contribution in [0.3, 0.4) is 0 Å². The molecule has 0 N–H and O–H groups in total. The number of benzene rings is 1. The highest BCUT2D eigenvalue weighted by Gasteiger charge is 2.08. The van der Waals surface area contributed by atoms with Gasteiger partial charge in [0.05, 0.1) is 10.5 Å². The Morgan fingerprint density at radius 3 is 2.86 bits per heavy atom. The molecule has 0 aliphatic heterocycles. The van der Waals surface area contributed by atoms with Gasteiger partial charge in [-0.3, -0.25) is 4.98 Å². The molecule has 0 fully saturated rings. The van der Waals surface area contributed by atoms with Gasteiger partial charge in [0.25, 0.3) is 0 Å². The fraction of sp³-hybridized carbons (Fsp3) is 0.100. The average molecular weight is 275 g/mol. The lowest BCUT2D eigenvalue weighted by atomic mass is 10.2. The van der Waals surface area contributed by atoms with E-state index in [4.69, 9.17) is 11.6 Å². The van der Waals surface area contributed by atoms with E-state index >= 15 is 0 Å². The molecule has 2 rings (SSSR count). The second-order valence-corrected chi connectivity index (χ2v) is 4.27. The van der Waals surface area contributed by atoms with Gasteiger partial charge in [-0.15, -0.1) is 0 Å². The highest BCUT2D eigenvalue weighted by molar-refractivity contribution is 9.10. The third-order valence-corrected chi connectivity index (χ3v) is 3.10. The average Bonchev–Trinajstić information content (AvgIpc) is 2.12. The Morgan fingerprint density at radius 1 is 1.43 bits per heavy atom. The maximum Gasteiger partial charge on any atom is 0.125 e. The summed E-state index contributed by atoms with van der Waals surface area (Å²) in [6, 6.07) is 2.77. The van der Waals surface area contributed by atoms with Crippen LogP contribution in [0.5, 0.6) is 0 Å². The van der Waals surface area contributed by atoms with Gasteiger partial charge in [0.15, 0.2) is 0 Å². The molecule has 1 heterocycles. The molecule has 0 atom stereocenters. The van der Waals surface area contributed by atoms with E-state index in [9.17, 15) is 4.39 Å². The molecule has 0 radical (unpaired) electrons. The molecular weight excluding hydrogens is 268 g/mol. The third-order valence-electron chi connectivity index (χ3n) is 2.00. The number of aryl methyl sites for hydroxylation is 1. The van der Waals surface area contributed by atoms with E-state index < -0.39 is 0 Å². The first kappa shape index (κ1) is 9.87. The summed E-state index contributed by atoms with van der Waals surface area (Å²) < 4.78 is 13.7. The lowest BCUT2D eigenvalue weighted by Crippen LogP contribution is -1.87. The van der Waals surface area contributed by atoms with Crippen LogP contribution >= 0.6 is 27.5 Å². The van der Waals surface area contributed by atoms with Crippen molar-refractivity contribution >= 4 is 38.4 Å². The molecule has 1 aromatic heterocycles. The molecule has 0 saturated heterocycles. The Labute approximate surface area is 94.0 Å². The Morgan fingerprint density at radius 2 is 2.14 bits per heavy atom. The van der Waals surface area contributed by atoms with Crippen molar-refractivity contribution in [2.24, 2.45) is 0 Å². The molecule has 72 valence electrons. The van der Waals surface area contributed by atoms with E-state index in [-0.39, 0.29) is 5.82 Å². The van der Waals surface area contributed by atoms with Gasteiger partial charge in [-0.2, -0.15) is 0 Å². The van der Waals surface area contributed by atoms with Gasteiger partial charge in [0.1, 0.15) is 5.82 Å². The maximum atomic E-state index is 13.1. The summed E-state index contributed by atoms with van der Waals surface area (Å²) in [7, 11) is 0. The highest BCUT2D eigenvalue weighted by atomic mass is 79.9. The molecule has 0 unspecified atom stereocenters. The first-order valence-electron chi connectivity index (χ1n) is 3.99. The Balaban J connectivity index is 2.95. The molecule has 14 heavy (non-hydrogen) atoms. The summed E-state index contributed by atoms with van der Waals surface area (Å²) in [5.74, 6) is -0.321. The van der Waals surface area contributed by atoms with Crippen LogP contribution < -0.4 is 0 Å². The smallest absolute Gasteiger partial charge is 0.125 e. The normalized spacial score (nSPS) is 10.9. The monoisotopic (exact) mass is 273 g/mol. The van der Waals surface area contributed by atoms with Gasteiger partial charge in [-0.1, -0.05) is 11.6 Å². The van der Waals surface area contributed by atoms with E-state index in [1.807, 2.05) is 6.92 Å². The first-order chi connectivity index (χ1) is 6.59. The van der Waals surface area contributed by atoms with Gasteiger partial charge >= 0.3 is 0 Å². The maximum absolute atomic E-state index is 13.1. The lowest BCUT2D eigenvalue weighted by Gasteiger charge is -2.04. The molecule has 0 saturated carbocycles. The molecule has 4 heteroatoms. The predicted molar refractivity (Wildman–Crippen MR) is 59.1 cm³/mol. The molecule has 0 amide bonds. The van der Waals surface area contributed by atoms with Crippen LogP contribution in [0.25, 0.3) is 10.9 Å². The van der Waals surface area contributed by atoms with Gasteiger partial charge in [0, 0.05) is 16.1 Å². The highest BCUT2D eigenvalue weighted by Crippen LogP contribution is 2.30. The van der Waals surface area contributed by atoms with Gasteiger partial charge in [-0.05, 0) is 40.5 Å². The summed E-state index contributed by atoms with van der Waals surface area (Å²) in [6.07, 6.45) is 1.67. The van der Waals surface area contributed by atoms with E-state index in [2.05, 4.69) is 20.9 Å². The second kappa shape index (κ2) is 3.48. The number of aromatic nitrogens is 1. The standard InChI is InChI=1S/C10H6BrClFN/c1-5-4-14-10-7(9(5)12)2-6(13)3-8(10)11/h2-4H,1H3. The molecule has 2 aromatic rings. The number of pyridine rings is 1. The minimum atomic E-state index is -0.321. The van der Waals surface area contributed by atoms with E-state index in [1.165, 1.54) is 12.1 Å². The number of rotatable bonds is 0. The van der Waals surface area contributed by atoms with Crippen molar-refractivity contribution in [1.29, 1.82) is 0 Å². The quantitative estimate of drug-likeness (QED) is 0.705. The van der Waals surface area contributed by atoms with Crippen LogP contribution in [0.15, 0.2) is 22.8 Å². The zero-order chi connectivity index (χ0) is 10.3. The van der Waals surface area contributed by atoms with Gasteiger partial charge < -0.3 is 0 Å². The lowest BCUT2D eigenvalue weighted by molar-refractivity contribution is 0.629. The Kier molecular flexibility index (Phi) is 2.45. The summed E-state index contributed by atoms with van der Waals surface area (Å²) in [4.78, 5) is 4.18. The van der Waals surface area contributed by atoms with E-state index in [0.29, 0.717) is 20.4 Å². The number of nitrogens with zero attached hydrogens (tertiary/aromatic N) is 1. The fourth-order valence-electron chi connectivity index (χ4n) is 1.29. The van der Waals surface area contributed by atoms with Crippen molar-refractivity contribution < 1.29 is 4.39 Å². The van der Waals surface area contributed by atoms with Crippen LogP contribution in [-0.2, 0) is 0 Å². The molecular formula is C10H6BrClFN. The third kappa shape index (κ3) is 1.51. The predicted octanol–water partition coefficient (Wildman–Crippen LogP) is 4.10. The van der Waals surface area contributed by atoms with Crippen molar-refractivity contribution in [3.8, 4) is 0 Å². The van der Waals surface area contributed by atoms with Crippen LogP contribution in [0, 0.1) is 12.7 Å². The van der Waals surface area contributed by atoms with Crippen LogP contribution in [-0.4, -0.2) is 4.98 Å². The topological polar surface area (TPSA) is 12.9 Å². The van der Waals surface area contributed by atoms with Gasteiger partial charge in [0.2, 0.25) is 0 Å². The first-order valence-corrected chi connectivity index (χ1v) is 5.16. The zero-order valence-corrected chi connectivity index (χ0v) is 9.66. The van der Waals surface area contributed by atoms with Crippen molar-refractivity contribution in [3.63, 3.8) is 0 Å². The molecule has 1 aromatic carbocycles. The molecule has 0 bridgehead atoms. The fourth-order valence-corrected chi connectivity index (χ4v) is 2.02. The van der Waals surface area contributed by atoms with Crippen LogP contribution in [0.2, 0.25) is 5.02 Å². The molecule has 0 aliphatic rings. The summed E-state index contributed by atoms with van der Waals surface area (Å²) in [5, 5.41) is 1.19. The zero-order valence-electron chi connectivity index (χ0n) is 7.31. The van der Waals surface area contributed by atoms with E-state index in [1.54, 1.807) is 6.20 Å². The number of fused-ring (bicyclic) bond motifs is 1. The van der Waals surface area contributed by atoms with Gasteiger partial charge in [-0.25, -0.2) is 4.39 Å². The number of hydrogen-bond donors (Lipinski definition) is 0. The van der Waals surface area contributed by atoms with E-state index in [0.717, 1.165) is 5.56 Å². The Hall–Kier alpha value is -0.670. The molecule has 0 spiro atoms.